The predicted molar refractivity (Wildman–Crippen MR) is 111 cm³/mol. The van der Waals surface area contributed by atoms with Crippen molar-refractivity contribution in [2.45, 2.75) is 33.1 Å². The van der Waals surface area contributed by atoms with Gasteiger partial charge in [-0.15, -0.1) is 0 Å². The molecule has 1 amide bonds. The van der Waals surface area contributed by atoms with Gasteiger partial charge in [0.25, 0.3) is 5.91 Å². The molecule has 2 aromatic rings. The quantitative estimate of drug-likeness (QED) is 0.476. The molecular weight excluding hydrogens is 380 g/mol. The van der Waals surface area contributed by atoms with Crippen LogP contribution in [-0.2, 0) is 4.79 Å². The number of nitrogens with zero attached hydrogens (tertiary/aromatic N) is 1. The molecule has 1 unspecified atom stereocenters. The summed E-state index contributed by atoms with van der Waals surface area (Å²) in [4.78, 5) is 11.9. The summed E-state index contributed by atoms with van der Waals surface area (Å²) in [6.07, 6.45) is 2.48. The Kier molecular flexibility index (Phi) is 8.14. The average molecular weight is 405 g/mol. The maximum Gasteiger partial charge on any atom is 0.277 e. The summed E-state index contributed by atoms with van der Waals surface area (Å²) in [7, 11) is 0. The van der Waals surface area contributed by atoms with Crippen LogP contribution in [0.5, 0.6) is 17.2 Å². The van der Waals surface area contributed by atoms with Crippen molar-refractivity contribution in [1.82, 2.24) is 5.43 Å². The minimum absolute atomic E-state index is 0.127. The fraction of sp³-hybridized carbons (Fsp3) is 0.333. The van der Waals surface area contributed by atoms with E-state index in [1.807, 2.05) is 24.3 Å². The Morgan fingerprint density at radius 3 is 2.61 bits per heavy atom. The molecule has 7 heteroatoms. The summed E-state index contributed by atoms with van der Waals surface area (Å²) < 4.78 is 10.8. The molecule has 0 aromatic heterocycles. The van der Waals surface area contributed by atoms with Crippen LogP contribution >= 0.6 is 11.6 Å². The number of rotatable bonds is 9. The van der Waals surface area contributed by atoms with Crippen molar-refractivity contribution in [3.63, 3.8) is 0 Å². The lowest BCUT2D eigenvalue weighted by molar-refractivity contribution is -0.123. The van der Waals surface area contributed by atoms with Gasteiger partial charge in [-0.1, -0.05) is 37.6 Å². The third-order valence-corrected chi connectivity index (χ3v) is 4.47. The van der Waals surface area contributed by atoms with Gasteiger partial charge in [0.05, 0.1) is 17.8 Å². The molecule has 0 aliphatic carbocycles. The highest BCUT2D eigenvalue weighted by Crippen LogP contribution is 2.34. The van der Waals surface area contributed by atoms with E-state index in [0.717, 1.165) is 6.42 Å². The van der Waals surface area contributed by atoms with E-state index in [1.165, 1.54) is 17.8 Å². The second-order valence-corrected chi connectivity index (χ2v) is 6.65. The molecule has 1 atom stereocenters. The number of phenolic OH excluding ortho intramolecular Hbond substituents is 1. The molecule has 0 saturated carbocycles. The predicted octanol–water partition coefficient (Wildman–Crippen LogP) is 4.49. The molecule has 6 nitrogen and oxygen atoms in total. The summed E-state index contributed by atoms with van der Waals surface area (Å²) in [5.41, 5.74) is 4.20. The third-order valence-electron chi connectivity index (χ3n) is 4.18. The number of halogens is 1. The van der Waals surface area contributed by atoms with Crippen LogP contribution in [-0.4, -0.2) is 30.4 Å². The SMILES string of the molecule is CCOc1cc(/C=N/NC(=O)COc2ccc(C(C)CC)cc2)cc(Cl)c1O. The van der Waals surface area contributed by atoms with Gasteiger partial charge in [-0.25, -0.2) is 5.43 Å². The minimum atomic E-state index is -0.392. The van der Waals surface area contributed by atoms with E-state index in [9.17, 15) is 9.90 Å². The Balaban J connectivity index is 1.87. The van der Waals surface area contributed by atoms with Gasteiger partial charge in [-0.05, 0) is 54.7 Å². The number of hydrogen-bond donors (Lipinski definition) is 2. The zero-order chi connectivity index (χ0) is 20.5. The molecular formula is C21H25ClN2O4. The van der Waals surface area contributed by atoms with Crippen LogP contribution in [0.4, 0.5) is 0 Å². The van der Waals surface area contributed by atoms with Crippen molar-refractivity contribution in [2.24, 2.45) is 5.10 Å². The first-order valence-corrected chi connectivity index (χ1v) is 9.52. The second-order valence-electron chi connectivity index (χ2n) is 6.24. The summed E-state index contributed by atoms with van der Waals surface area (Å²) in [5.74, 6) is 0.850. The summed E-state index contributed by atoms with van der Waals surface area (Å²) >= 11 is 5.95. The van der Waals surface area contributed by atoms with E-state index < -0.39 is 5.91 Å². The highest BCUT2D eigenvalue weighted by atomic mass is 35.5. The Morgan fingerprint density at radius 1 is 1.25 bits per heavy atom. The normalized spacial score (nSPS) is 12.0. The maximum atomic E-state index is 11.9. The molecule has 28 heavy (non-hydrogen) atoms. The topological polar surface area (TPSA) is 80.2 Å². The van der Waals surface area contributed by atoms with Gasteiger partial charge >= 0.3 is 0 Å². The van der Waals surface area contributed by atoms with Crippen LogP contribution in [0.3, 0.4) is 0 Å². The standard InChI is InChI=1S/C21H25ClN2O4/c1-4-14(3)16-6-8-17(9-7-16)28-13-20(25)24-23-12-15-10-18(22)21(26)19(11-15)27-5-2/h6-12,14,26H,4-5,13H2,1-3H3,(H,24,25)/b23-12+. The van der Waals surface area contributed by atoms with Gasteiger partial charge < -0.3 is 14.6 Å². The molecule has 0 heterocycles. The second kappa shape index (κ2) is 10.6. The molecule has 2 N–H and O–H groups in total. The number of aromatic hydroxyl groups is 1. The number of ether oxygens (including phenoxy) is 2. The van der Waals surface area contributed by atoms with Gasteiger partial charge in [0, 0.05) is 0 Å². The monoisotopic (exact) mass is 404 g/mol. The molecule has 0 spiro atoms. The van der Waals surface area contributed by atoms with E-state index >= 15 is 0 Å². The average Bonchev–Trinajstić information content (AvgIpc) is 2.70. The maximum absolute atomic E-state index is 11.9. The number of carbonyl (C=O) groups is 1. The van der Waals surface area contributed by atoms with Gasteiger partial charge in [0.1, 0.15) is 5.75 Å². The van der Waals surface area contributed by atoms with Crippen LogP contribution in [0.2, 0.25) is 5.02 Å². The molecule has 0 aliphatic rings. The van der Waals surface area contributed by atoms with E-state index in [0.29, 0.717) is 23.8 Å². The number of amides is 1. The lowest BCUT2D eigenvalue weighted by Gasteiger charge is -2.10. The summed E-state index contributed by atoms with van der Waals surface area (Å²) in [6, 6.07) is 10.8. The minimum Gasteiger partial charge on any atom is -0.503 e. The van der Waals surface area contributed by atoms with Crippen LogP contribution < -0.4 is 14.9 Å². The number of hydrogen-bond acceptors (Lipinski definition) is 5. The van der Waals surface area contributed by atoms with Crippen molar-refractivity contribution < 1.29 is 19.4 Å². The fourth-order valence-corrected chi connectivity index (χ4v) is 2.64. The van der Waals surface area contributed by atoms with E-state index in [4.69, 9.17) is 21.1 Å². The van der Waals surface area contributed by atoms with Gasteiger partial charge in [-0.2, -0.15) is 5.10 Å². The van der Waals surface area contributed by atoms with Gasteiger partial charge in [0.2, 0.25) is 0 Å². The summed E-state index contributed by atoms with van der Waals surface area (Å²) in [5, 5.41) is 13.8. The highest BCUT2D eigenvalue weighted by Gasteiger charge is 2.09. The first-order valence-electron chi connectivity index (χ1n) is 9.14. The Morgan fingerprint density at radius 2 is 1.96 bits per heavy atom. The first kappa shape index (κ1) is 21.6. The zero-order valence-corrected chi connectivity index (χ0v) is 17.0. The number of hydrazone groups is 1. The van der Waals surface area contributed by atoms with Crippen LogP contribution in [0.1, 0.15) is 44.2 Å². The van der Waals surface area contributed by atoms with Crippen molar-refractivity contribution in [3.05, 3.63) is 52.5 Å². The van der Waals surface area contributed by atoms with Crippen LogP contribution in [0.25, 0.3) is 0 Å². The molecule has 0 aliphatic heterocycles. The number of nitrogens with one attached hydrogen (secondary N) is 1. The van der Waals surface area contributed by atoms with E-state index in [1.54, 1.807) is 13.0 Å². The molecule has 0 bridgehead atoms. The van der Waals surface area contributed by atoms with E-state index in [2.05, 4.69) is 24.4 Å². The Bertz CT molecular complexity index is 822. The largest absolute Gasteiger partial charge is 0.503 e. The lowest BCUT2D eigenvalue weighted by atomic mass is 9.99. The van der Waals surface area contributed by atoms with Gasteiger partial charge in [-0.3, -0.25) is 4.79 Å². The molecule has 150 valence electrons. The van der Waals surface area contributed by atoms with Gasteiger partial charge in [0.15, 0.2) is 18.1 Å². The van der Waals surface area contributed by atoms with Crippen molar-refractivity contribution >= 4 is 23.7 Å². The molecule has 2 aromatic carbocycles. The fourth-order valence-electron chi connectivity index (χ4n) is 2.42. The molecule has 2 rings (SSSR count). The Labute approximate surface area is 170 Å². The van der Waals surface area contributed by atoms with Crippen molar-refractivity contribution in [2.75, 3.05) is 13.2 Å². The molecule has 0 saturated heterocycles. The van der Waals surface area contributed by atoms with Crippen molar-refractivity contribution in [1.29, 1.82) is 0 Å². The molecule has 0 fully saturated rings. The first-order chi connectivity index (χ1) is 13.4. The highest BCUT2D eigenvalue weighted by molar-refractivity contribution is 6.32. The molecule has 0 radical (unpaired) electrons. The number of phenols is 1. The van der Waals surface area contributed by atoms with Crippen LogP contribution in [0, 0.1) is 0 Å². The Hall–Kier alpha value is -2.73. The lowest BCUT2D eigenvalue weighted by Crippen LogP contribution is -2.24. The van der Waals surface area contributed by atoms with Crippen molar-refractivity contribution in [3.8, 4) is 17.2 Å². The number of benzene rings is 2. The zero-order valence-electron chi connectivity index (χ0n) is 16.2. The van der Waals surface area contributed by atoms with E-state index in [-0.39, 0.29) is 23.1 Å². The number of carbonyl (C=O) groups excluding carboxylic acids is 1. The summed E-state index contributed by atoms with van der Waals surface area (Å²) in [6.45, 7) is 6.34. The smallest absolute Gasteiger partial charge is 0.277 e. The third kappa shape index (κ3) is 6.16. The van der Waals surface area contributed by atoms with Crippen LogP contribution in [0.15, 0.2) is 41.5 Å².